The molecule has 0 amide bonds. The number of fused-ring (bicyclic) bond motifs is 10. The molecule has 9 unspecified atom stereocenters. The van der Waals surface area contributed by atoms with Gasteiger partial charge in [0.1, 0.15) is 5.78 Å². The van der Waals surface area contributed by atoms with Gasteiger partial charge in [-0.3, -0.25) is 9.59 Å². The summed E-state index contributed by atoms with van der Waals surface area (Å²) >= 11 is 0. The second-order valence-electron chi connectivity index (χ2n) is 26.3. The van der Waals surface area contributed by atoms with Crippen LogP contribution in [0.1, 0.15) is 166 Å². The van der Waals surface area contributed by atoms with E-state index in [0.29, 0.717) is 86.1 Å². The highest BCUT2D eigenvalue weighted by Crippen LogP contribution is 2.69. The molecule has 0 spiro atoms. The van der Waals surface area contributed by atoms with E-state index in [1.54, 1.807) is 0 Å². The third-order valence-electron chi connectivity index (χ3n) is 22.4. The number of ketones is 1. The molecule has 1 heterocycles. The summed E-state index contributed by atoms with van der Waals surface area (Å²) in [5.41, 5.74) is -0.492. The standard InChI is InChI=1S/C28H48O6.C27H46O5/c1-14(2)15(3)24(31)25(32)16(4)18-7-8-19-17-13-34-26(33)21-11-22(29)23(30)12-28(21,6)20(17)9-10-27(18,19)5;1-14(2)10-23(30)25(32)15(3)17-6-7-18-16-11-21(28)20-12-22(29)24(31)13-27(20,5)19(16)8-9-26(17,18)4/h14-25,29-32H,7-13H2,1-6H3;14-20,22-25,29-32H,6-13H2,1-5H3/t15-,16+,17?,18?,19?,20?,21-,22+,23-,24+,25+,27-,28-;15-,16?,17?,18?,19?,20?,22-,23+,24+,25+,26+,27+/m10/s1. The van der Waals surface area contributed by atoms with Crippen LogP contribution in [0.3, 0.4) is 0 Å². The molecule has 8 rings (SSSR count). The Bertz CT molecular complexity index is 1710. The van der Waals surface area contributed by atoms with Crippen LogP contribution in [-0.2, 0) is 14.3 Å². The molecular formula is C55H94O11. The molecule has 11 nitrogen and oxygen atoms in total. The second-order valence-corrected chi connectivity index (χ2v) is 26.3. The number of carbonyl (C=O) groups excluding carboxylic acids is 2. The van der Waals surface area contributed by atoms with E-state index in [9.17, 15) is 50.4 Å². The smallest absolute Gasteiger partial charge is 0.309 e. The van der Waals surface area contributed by atoms with Gasteiger partial charge in [-0.15, -0.1) is 0 Å². The molecule has 0 bridgehead atoms. The predicted octanol–water partition coefficient (Wildman–Crippen LogP) is 6.95. The van der Waals surface area contributed by atoms with E-state index in [1.807, 2.05) is 6.92 Å². The first-order valence-corrected chi connectivity index (χ1v) is 26.9. The Morgan fingerprint density at radius 3 is 1.53 bits per heavy atom. The number of ether oxygens (including phenoxy) is 1. The first kappa shape index (κ1) is 52.6. The van der Waals surface area contributed by atoms with E-state index < -0.39 is 48.8 Å². The van der Waals surface area contributed by atoms with Gasteiger partial charge >= 0.3 is 5.97 Å². The van der Waals surface area contributed by atoms with Crippen LogP contribution in [0.15, 0.2) is 0 Å². The van der Waals surface area contributed by atoms with Crippen molar-refractivity contribution in [3.8, 4) is 0 Å². The van der Waals surface area contributed by atoms with E-state index >= 15 is 0 Å². The minimum atomic E-state index is -0.867. The Hall–Kier alpha value is -1.18. The Morgan fingerprint density at radius 1 is 0.561 bits per heavy atom. The highest BCUT2D eigenvalue weighted by atomic mass is 16.5. The van der Waals surface area contributed by atoms with Crippen molar-refractivity contribution >= 4 is 11.8 Å². The van der Waals surface area contributed by atoms with Gasteiger partial charge in [0.25, 0.3) is 0 Å². The van der Waals surface area contributed by atoms with Crippen LogP contribution >= 0.6 is 0 Å². The number of cyclic esters (lactones) is 1. The zero-order valence-electron chi connectivity index (χ0n) is 42.7. The van der Waals surface area contributed by atoms with Crippen LogP contribution < -0.4 is 0 Å². The third-order valence-corrected chi connectivity index (χ3v) is 22.4. The van der Waals surface area contributed by atoms with Gasteiger partial charge in [0.05, 0.1) is 61.4 Å². The number of rotatable bonds is 10. The molecule has 0 aromatic carbocycles. The summed E-state index contributed by atoms with van der Waals surface area (Å²) in [6, 6.07) is 0. The quantitative estimate of drug-likeness (QED) is 0.105. The Balaban J connectivity index is 0.000000197. The molecule has 7 saturated carbocycles. The number of carbonyl (C=O) groups is 2. The SMILES string of the molecule is CC(C)C[C@@H](O)[C@H](O)[C@@H](C)C1CCC2C3CC(=O)C4C[C@H](O)[C@H](O)C[C@]4(C)C3CC[C@@]21C.CC(C)[C@@H](C)[C@H](O)[C@@H](O)[C@@H](C)C1CCC2C3COC(=O)[C@H]4C[C@H](O)[C@H](O)C[C@]4(C)C3CC[C@@]21C. The maximum atomic E-state index is 13.3. The molecule has 8 N–H and O–H groups in total. The van der Waals surface area contributed by atoms with E-state index in [0.717, 1.165) is 51.4 Å². The molecule has 0 aromatic heterocycles. The van der Waals surface area contributed by atoms with Gasteiger partial charge in [-0.1, -0.05) is 76.2 Å². The number of hydrogen-bond acceptors (Lipinski definition) is 11. The summed E-state index contributed by atoms with van der Waals surface area (Å²) in [4.78, 5) is 26.3. The van der Waals surface area contributed by atoms with Crippen LogP contribution in [0, 0.1) is 110 Å². The number of hydrogen-bond donors (Lipinski definition) is 8. The molecule has 11 heteroatoms. The minimum absolute atomic E-state index is 0.00827. The van der Waals surface area contributed by atoms with Gasteiger partial charge in [0.15, 0.2) is 0 Å². The van der Waals surface area contributed by atoms with Crippen LogP contribution in [-0.4, -0.2) is 108 Å². The highest BCUT2D eigenvalue weighted by Gasteiger charge is 2.65. The maximum absolute atomic E-state index is 13.3. The zero-order chi connectivity index (χ0) is 48.7. The van der Waals surface area contributed by atoms with Crippen molar-refractivity contribution in [3.05, 3.63) is 0 Å². The van der Waals surface area contributed by atoms with Crippen molar-refractivity contribution < 1.29 is 55.2 Å². The Kier molecular flexibility index (Phi) is 15.5. The summed E-state index contributed by atoms with van der Waals surface area (Å²) < 4.78 is 5.86. The van der Waals surface area contributed by atoms with Gasteiger partial charge in [0, 0.05) is 12.3 Å². The summed E-state index contributed by atoms with van der Waals surface area (Å²) in [5, 5.41) is 85.1. The lowest BCUT2D eigenvalue weighted by atomic mass is 9.44. The molecule has 25 atom stereocenters. The number of aliphatic hydroxyl groups is 8. The molecule has 1 saturated heterocycles. The average molecular weight is 931 g/mol. The van der Waals surface area contributed by atoms with Gasteiger partial charge in [-0.25, -0.2) is 0 Å². The van der Waals surface area contributed by atoms with Crippen LogP contribution in [0.5, 0.6) is 0 Å². The first-order valence-electron chi connectivity index (χ1n) is 26.9. The number of aliphatic hydroxyl groups excluding tert-OH is 8. The van der Waals surface area contributed by atoms with Gasteiger partial charge < -0.3 is 45.6 Å². The summed E-state index contributed by atoms with van der Waals surface area (Å²) in [6.45, 7) is 24.0. The maximum Gasteiger partial charge on any atom is 0.309 e. The molecule has 0 radical (unpaired) electrons. The minimum Gasteiger partial charge on any atom is -0.465 e. The summed E-state index contributed by atoms with van der Waals surface area (Å²) in [7, 11) is 0. The topological polar surface area (TPSA) is 205 Å². The van der Waals surface area contributed by atoms with E-state index in [4.69, 9.17) is 4.74 Å². The van der Waals surface area contributed by atoms with Crippen molar-refractivity contribution in [2.45, 2.75) is 215 Å². The fraction of sp³-hybridized carbons (Fsp3) is 0.964. The predicted molar refractivity (Wildman–Crippen MR) is 253 cm³/mol. The van der Waals surface area contributed by atoms with Crippen LogP contribution in [0.2, 0.25) is 0 Å². The average Bonchev–Trinajstić information content (AvgIpc) is 3.77. The molecule has 7 aliphatic carbocycles. The van der Waals surface area contributed by atoms with Crippen LogP contribution in [0.25, 0.3) is 0 Å². The van der Waals surface area contributed by atoms with E-state index in [2.05, 4.69) is 69.2 Å². The fourth-order valence-electron chi connectivity index (χ4n) is 18.1. The fourth-order valence-corrected chi connectivity index (χ4v) is 18.1. The number of Topliss-reactive ketones (excluding diaryl/α,β-unsaturated/α-hetero) is 1. The van der Waals surface area contributed by atoms with Gasteiger partial charge in [0.2, 0.25) is 0 Å². The lowest BCUT2D eigenvalue weighted by molar-refractivity contribution is -0.174. The van der Waals surface area contributed by atoms with Crippen molar-refractivity contribution in [2.75, 3.05) is 6.61 Å². The molecule has 0 aromatic rings. The van der Waals surface area contributed by atoms with Crippen molar-refractivity contribution in [1.82, 2.24) is 0 Å². The summed E-state index contributed by atoms with van der Waals surface area (Å²) in [6.07, 6.45) is 5.12. The van der Waals surface area contributed by atoms with Crippen molar-refractivity contribution in [2.24, 2.45) is 110 Å². The number of esters is 1. The third kappa shape index (κ3) is 8.95. The Morgan fingerprint density at radius 2 is 1.02 bits per heavy atom. The molecule has 1 aliphatic heterocycles. The normalized spacial score (nSPS) is 48.6. The van der Waals surface area contributed by atoms with Crippen LogP contribution in [0.4, 0.5) is 0 Å². The summed E-state index contributed by atoms with van der Waals surface area (Å²) in [5.74, 6) is 3.03. The van der Waals surface area contributed by atoms with Crippen molar-refractivity contribution in [1.29, 1.82) is 0 Å². The van der Waals surface area contributed by atoms with E-state index in [1.165, 1.54) is 0 Å². The zero-order valence-corrected chi connectivity index (χ0v) is 42.7. The van der Waals surface area contributed by atoms with Gasteiger partial charge in [-0.2, -0.15) is 0 Å². The molecular weight excluding hydrogens is 837 g/mol. The lowest BCUT2D eigenvalue weighted by Gasteiger charge is -2.61. The molecule has 66 heavy (non-hydrogen) atoms. The van der Waals surface area contributed by atoms with Crippen molar-refractivity contribution in [3.63, 3.8) is 0 Å². The highest BCUT2D eigenvalue weighted by molar-refractivity contribution is 5.83. The second kappa shape index (κ2) is 19.4. The largest absolute Gasteiger partial charge is 0.465 e. The molecule has 8 aliphatic rings. The van der Waals surface area contributed by atoms with E-state index in [-0.39, 0.29) is 81.3 Å². The van der Waals surface area contributed by atoms with Gasteiger partial charge in [-0.05, 0) is 182 Å². The molecule has 380 valence electrons. The first-order chi connectivity index (χ1) is 30.7. The lowest BCUT2D eigenvalue weighted by Crippen LogP contribution is -2.59. The Labute approximate surface area is 397 Å². The molecule has 8 fully saturated rings. The monoisotopic (exact) mass is 931 g/mol.